The number of imidazole rings is 1. The predicted molar refractivity (Wildman–Crippen MR) is 475 cm³/mol. The number of aliphatic hydroxyl groups is 2. The van der Waals surface area contributed by atoms with Crippen molar-refractivity contribution in [1.82, 2.24) is 92.3 Å². The number of phenols is 1. The van der Waals surface area contributed by atoms with E-state index in [1.165, 1.54) is 72.0 Å². The molecule has 3 aliphatic rings. The van der Waals surface area contributed by atoms with Gasteiger partial charge in [0.1, 0.15) is 78.3 Å². The summed E-state index contributed by atoms with van der Waals surface area (Å²) in [5.41, 5.74) is 20.0. The Balaban J connectivity index is 1.09. The van der Waals surface area contributed by atoms with Crippen molar-refractivity contribution in [1.29, 1.82) is 0 Å². The maximum Gasteiger partial charge on any atom is 0.305 e. The zero-order chi connectivity index (χ0) is 96.3. The number of aliphatic carboxylic acids is 1. The summed E-state index contributed by atoms with van der Waals surface area (Å²) < 4.78 is 5.39. The van der Waals surface area contributed by atoms with Gasteiger partial charge in [0.25, 0.3) is 0 Å². The zero-order valence-electron chi connectivity index (χ0n) is 74.0. The van der Waals surface area contributed by atoms with Crippen LogP contribution in [-0.2, 0) is 117 Å². The maximum absolute atomic E-state index is 15.6. The Hall–Kier alpha value is -13.4. The number of H-pyrrole nitrogens is 3. The molecule has 16 amide bonds. The van der Waals surface area contributed by atoms with Gasteiger partial charge in [-0.3, -0.25) is 86.3 Å². The van der Waals surface area contributed by atoms with Crippen molar-refractivity contribution < 1.29 is 111 Å². The SMILES string of the molecule is CCCC[C@H]1C(=O)N(C)[C@@H](CCOC)C(=O)N[C@@H](CN)C(=O)N[C@H](C(=O)NCC(N)=O)CSCC(=O)N[C@@H](Cc2ccc(O)cc2)C(=O)N(C)[C@@H](C)C(=O)N[C@@H](CC(=O)O)C(=O)N2CCC[C@H]2C(=O)N[C@@H](Cc2c[nH]cn2)C(=O)N[C@@H](CCC(N)=O)C(=O)N2C[C@H](O)C[C@H]2C(=O)C[C@@H](Cc2c[nH]c3ccccc23)C(=O)N[C@@H](CO)C(=O)N[C@@H](Cc2c[nH]c3ccccc23)C(=O)N1C. The third-order valence-electron chi connectivity index (χ3n) is 23.6. The van der Waals surface area contributed by atoms with E-state index < -0.39 is 273 Å². The first kappa shape index (κ1) is 102. The van der Waals surface area contributed by atoms with E-state index in [1.807, 2.05) is 6.92 Å². The molecule has 132 heavy (non-hydrogen) atoms. The second kappa shape index (κ2) is 48.5. The lowest BCUT2D eigenvalue weighted by Crippen LogP contribution is -2.61. The minimum atomic E-state index is -1.94. The zero-order valence-corrected chi connectivity index (χ0v) is 74.8. The number of amides is 16. The fourth-order valence-corrected chi connectivity index (χ4v) is 17.0. The summed E-state index contributed by atoms with van der Waals surface area (Å²) in [4.78, 5) is 279. The lowest BCUT2D eigenvalue weighted by atomic mass is 9.90. The highest BCUT2D eigenvalue weighted by Crippen LogP contribution is 2.30. The number of rotatable bonds is 24. The van der Waals surface area contributed by atoms with Gasteiger partial charge in [-0.1, -0.05) is 68.3 Å². The van der Waals surface area contributed by atoms with Crippen LogP contribution in [0.2, 0.25) is 0 Å². The number of fused-ring (bicyclic) bond motifs is 4. The number of aliphatic hydroxyl groups excluding tert-OH is 2. The molecular weight excluding hydrogens is 1740 g/mol. The molecule has 22 N–H and O–H groups in total. The Bertz CT molecular complexity index is 5150. The Morgan fingerprint density at radius 2 is 1.19 bits per heavy atom. The highest BCUT2D eigenvalue weighted by Gasteiger charge is 2.47. The van der Waals surface area contributed by atoms with Crippen molar-refractivity contribution in [2.75, 3.05) is 79.2 Å². The molecule has 3 aromatic heterocycles. The van der Waals surface area contributed by atoms with Crippen LogP contribution >= 0.6 is 11.8 Å². The molecule has 0 radical (unpaired) electrons. The van der Waals surface area contributed by atoms with E-state index >= 15 is 33.6 Å². The molecule has 0 bridgehead atoms. The number of carboxylic acid groups (broad SMARTS) is 1. The van der Waals surface area contributed by atoms with Crippen molar-refractivity contribution in [2.24, 2.45) is 23.1 Å². The number of aromatic amines is 3. The van der Waals surface area contributed by atoms with Gasteiger partial charge in [0, 0.05) is 152 Å². The number of hydrogen-bond donors (Lipinski definition) is 19. The summed E-state index contributed by atoms with van der Waals surface area (Å²) in [6, 6.07) is -1.93. The van der Waals surface area contributed by atoms with Gasteiger partial charge in [0.05, 0.1) is 49.5 Å². The average Bonchev–Trinajstić information content (AvgIpc) is 1.59. The number of Topliss-reactive ketones (excluding diaryl/α,β-unsaturated/α-hetero) is 1. The van der Waals surface area contributed by atoms with E-state index in [4.69, 9.17) is 21.9 Å². The maximum atomic E-state index is 15.6. The molecule has 714 valence electrons. The number of carbonyl (C=O) groups is 18. The smallest absolute Gasteiger partial charge is 0.305 e. The number of nitrogens with one attached hydrogen (secondary N) is 12. The molecule has 3 aromatic carbocycles. The minimum Gasteiger partial charge on any atom is -0.508 e. The van der Waals surface area contributed by atoms with Crippen molar-refractivity contribution >= 4 is 140 Å². The van der Waals surface area contributed by atoms with Gasteiger partial charge in [0.2, 0.25) is 94.5 Å². The number of nitrogens with zero attached hydrogens (tertiary/aromatic N) is 6. The lowest BCUT2D eigenvalue weighted by molar-refractivity contribution is -0.149. The summed E-state index contributed by atoms with van der Waals surface area (Å²) in [5.74, 6) is -21.1. The van der Waals surface area contributed by atoms with Crippen LogP contribution in [0.1, 0.15) is 107 Å². The van der Waals surface area contributed by atoms with Crippen LogP contribution in [0, 0.1) is 5.92 Å². The molecule has 44 nitrogen and oxygen atoms in total. The number of primary amides is 2. The number of para-hydroxylation sites is 2. The normalized spacial score (nSPS) is 25.1. The first-order chi connectivity index (χ1) is 62.9. The van der Waals surface area contributed by atoms with E-state index in [0.717, 1.165) is 36.3 Å². The van der Waals surface area contributed by atoms with E-state index in [-0.39, 0.29) is 69.5 Å². The number of methoxy groups -OCH3 is 1. The number of aromatic hydroxyl groups is 1. The number of ketones is 1. The summed E-state index contributed by atoms with van der Waals surface area (Å²) in [7, 11) is 5.06. The number of thioether (sulfide) groups is 1. The molecule has 3 aliphatic heterocycles. The second-order valence-electron chi connectivity index (χ2n) is 33.0. The standard InChI is InChI=1S/C87H117N21O23S/c1-7-8-18-68-87(130)105(4)66(26-28-131-6)81(124)101-63(36-88)79(122)103-65(77(120)94-40-72(90)114)43-132-44-73(115)96-60(29-47-20-22-52(110)23-21-47)83(126)104(3)46(2)75(118)99-62(35-74(116)117)86(129)107-27-13-19-67(107)82(125)98-59(33-51-39-91-45-95-51)78(121)97-58(24-25-71(89)113)85(128)108-41-53(111)34-69(108)70(112)32-48(30-49-37-92-56-16-11-9-14-54(49)56)76(119)102-64(42-109)80(123)100-61(84(127)106(68)5)31-50-38-93-57-17-12-10-15-55(50)57/h9-12,14-17,20-23,37-39,45-46,48,53,58-69,92-93,109-111H,7-8,13,18-19,24-36,40-44,88H2,1-6H3,(H2,89,113)(H2,90,114)(H,91,95)(H,94,120)(H,96,115)(H,97,121)(H,98,125)(H,99,118)(H,100,123)(H,101,124)(H,102,119)(H,103,122)(H,116,117)/t46-,48+,53+,58-,59-,60-,61-,62-,63-,64-,65-,66-,67-,68-,69-/m0/s1. The van der Waals surface area contributed by atoms with Gasteiger partial charge in [-0.2, -0.15) is 0 Å². The third kappa shape index (κ3) is 27.6. The molecule has 6 heterocycles. The molecule has 3 saturated heterocycles. The largest absolute Gasteiger partial charge is 0.508 e. The van der Waals surface area contributed by atoms with Gasteiger partial charge in [-0.05, 0) is 80.0 Å². The molecule has 45 heteroatoms. The first-order valence-corrected chi connectivity index (χ1v) is 44.4. The number of hydrogen-bond acceptors (Lipinski definition) is 25. The number of carbonyl (C=O) groups excluding carboxylic acids is 17. The summed E-state index contributed by atoms with van der Waals surface area (Å²) in [6.07, 6.45) is 0.321. The Morgan fingerprint density at radius 1 is 0.598 bits per heavy atom. The quantitative estimate of drug-likeness (QED) is 0.0272. The van der Waals surface area contributed by atoms with E-state index in [2.05, 4.69) is 67.8 Å². The molecular formula is C87H117N21O23S. The Kier molecular flexibility index (Phi) is 37.6. The van der Waals surface area contributed by atoms with Crippen LogP contribution in [0.5, 0.6) is 5.75 Å². The number of aromatic nitrogens is 4. The van der Waals surface area contributed by atoms with Crippen LogP contribution in [0.4, 0.5) is 0 Å². The second-order valence-corrected chi connectivity index (χ2v) is 34.0. The number of phenolic OH excluding ortho intramolecular Hbond substituents is 1. The molecule has 0 spiro atoms. The van der Waals surface area contributed by atoms with Gasteiger partial charge in [-0.25, -0.2) is 4.98 Å². The predicted octanol–water partition coefficient (Wildman–Crippen LogP) is -4.48. The minimum absolute atomic E-state index is 0.0435. The Labute approximate surface area is 763 Å². The molecule has 0 aliphatic carbocycles. The molecule has 9 rings (SSSR count). The number of nitrogens with two attached hydrogens (primary N) is 3. The van der Waals surface area contributed by atoms with Gasteiger partial charge < -0.3 is 130 Å². The van der Waals surface area contributed by atoms with Crippen LogP contribution < -0.4 is 65.1 Å². The molecule has 0 saturated carbocycles. The van der Waals surface area contributed by atoms with Crippen LogP contribution in [-0.4, -0.2) is 335 Å². The highest BCUT2D eigenvalue weighted by molar-refractivity contribution is 8.00. The van der Waals surface area contributed by atoms with Crippen LogP contribution in [0.3, 0.4) is 0 Å². The summed E-state index contributed by atoms with van der Waals surface area (Å²) in [6.45, 7) is -0.392. The van der Waals surface area contributed by atoms with Gasteiger partial charge in [0.15, 0.2) is 5.78 Å². The number of ether oxygens (including phenoxy) is 1. The molecule has 3 fully saturated rings. The summed E-state index contributed by atoms with van der Waals surface area (Å²) >= 11 is 0.725. The summed E-state index contributed by atoms with van der Waals surface area (Å²) in [5, 5.41) is 67.1. The number of likely N-dealkylation sites (N-methyl/N-ethyl adjacent to an activating group) is 3. The average molecular weight is 1860 g/mol. The monoisotopic (exact) mass is 1860 g/mol. The number of carboxylic acids is 1. The Morgan fingerprint density at radius 3 is 1.81 bits per heavy atom. The fourth-order valence-electron chi connectivity index (χ4n) is 16.2. The molecule has 15 atom stereocenters. The van der Waals surface area contributed by atoms with Gasteiger partial charge >= 0.3 is 5.97 Å². The van der Waals surface area contributed by atoms with E-state index in [1.54, 1.807) is 60.9 Å². The van der Waals surface area contributed by atoms with Crippen molar-refractivity contribution in [2.45, 2.75) is 195 Å². The van der Waals surface area contributed by atoms with Gasteiger partial charge in [-0.15, -0.1) is 11.8 Å². The highest BCUT2D eigenvalue weighted by atomic mass is 32.2. The van der Waals surface area contributed by atoms with Crippen LogP contribution in [0.25, 0.3) is 21.8 Å². The van der Waals surface area contributed by atoms with Crippen molar-refractivity contribution in [3.63, 3.8) is 0 Å². The van der Waals surface area contributed by atoms with Crippen molar-refractivity contribution in [3.05, 3.63) is 120 Å². The van der Waals surface area contributed by atoms with E-state index in [9.17, 15) is 73.2 Å². The number of benzene rings is 3. The fraction of sp³-hybridized carbons (Fsp3) is 0.506. The number of unbranched alkanes of at least 4 members (excludes halogenated alkanes) is 1. The van der Waals surface area contributed by atoms with Crippen LogP contribution in [0.15, 0.2) is 97.7 Å². The lowest BCUT2D eigenvalue weighted by Gasteiger charge is -2.36. The third-order valence-corrected chi connectivity index (χ3v) is 24.6. The molecule has 0 unspecified atom stereocenters. The first-order valence-electron chi connectivity index (χ1n) is 43.3. The molecule has 6 aromatic rings. The van der Waals surface area contributed by atoms with Crippen molar-refractivity contribution in [3.8, 4) is 5.75 Å². The van der Waals surface area contributed by atoms with E-state index in [0.29, 0.717) is 51.3 Å². The topological polar surface area (TPSA) is 660 Å².